The lowest BCUT2D eigenvalue weighted by molar-refractivity contribution is -0.145. The highest BCUT2D eigenvalue weighted by Crippen LogP contribution is 2.37. The molecule has 0 saturated carbocycles. The Bertz CT molecular complexity index is 1970. The molecule has 0 saturated heterocycles. The first-order chi connectivity index (χ1) is 32.5. The Balaban J connectivity index is 0.000000510. The summed E-state index contributed by atoms with van der Waals surface area (Å²) in [5, 5.41) is 86.5. The summed E-state index contributed by atoms with van der Waals surface area (Å²) in [7, 11) is 0. The van der Waals surface area contributed by atoms with Gasteiger partial charge in [0.15, 0.2) is 17.3 Å². The number of allylic oxidation sites excluding steroid dienone is 1. The summed E-state index contributed by atoms with van der Waals surface area (Å²) in [6.45, 7) is 6.28. The number of aliphatic hydroxyl groups excluding tert-OH is 4. The van der Waals surface area contributed by atoms with Gasteiger partial charge in [0.1, 0.15) is 35.7 Å². The summed E-state index contributed by atoms with van der Waals surface area (Å²) < 4.78 is 14.8. The van der Waals surface area contributed by atoms with Crippen LogP contribution in [0.5, 0.6) is 28.7 Å². The third kappa shape index (κ3) is 28.2. The van der Waals surface area contributed by atoms with Gasteiger partial charge in [0.25, 0.3) is 0 Å². The van der Waals surface area contributed by atoms with Gasteiger partial charge < -0.3 is 59.8 Å². The second-order valence-corrected chi connectivity index (χ2v) is 17.3. The van der Waals surface area contributed by atoms with Crippen molar-refractivity contribution in [2.75, 3.05) is 13.2 Å². The number of fused-ring (bicyclic) bond motifs is 1. The molecule has 0 spiro atoms. The highest BCUT2D eigenvalue weighted by molar-refractivity contribution is 5.88. The van der Waals surface area contributed by atoms with Gasteiger partial charge in [-0.2, -0.15) is 0 Å². The topological polar surface area (TPSA) is 265 Å². The van der Waals surface area contributed by atoms with Crippen molar-refractivity contribution >= 4 is 22.9 Å². The van der Waals surface area contributed by atoms with Gasteiger partial charge in [-0.25, -0.2) is 0 Å². The molecule has 0 aliphatic carbocycles. The third-order valence-corrected chi connectivity index (χ3v) is 11.0. The highest BCUT2D eigenvalue weighted by atomic mass is 16.5. The zero-order chi connectivity index (χ0) is 50.7. The van der Waals surface area contributed by atoms with Crippen LogP contribution in [0, 0.1) is 12.3 Å². The fourth-order valence-electron chi connectivity index (χ4n) is 7.31. The van der Waals surface area contributed by atoms with E-state index in [4.69, 9.17) is 20.3 Å². The molecule has 1 aromatic heterocycles. The minimum Gasteiger partial charge on any atom is -0.508 e. The van der Waals surface area contributed by atoms with Crippen LogP contribution in [0.25, 0.3) is 22.3 Å². The monoisotopic (exact) mass is 957 g/mol. The summed E-state index contributed by atoms with van der Waals surface area (Å²) in [4.78, 5) is 33.4. The SMILES string of the molecule is C#CCCCCCCCCCCCC(O)CC(O)COC(C)=O.C=CCCCCCCCCCCCC(O)CC(O)COC(C)=O.O=c1c(O)c(-c2ccc(O)c(O)c2)oc2cc(O)cc(O)c12. The molecule has 4 atom stereocenters. The van der Waals surface area contributed by atoms with Crippen LogP contribution in [0.15, 0.2) is 52.2 Å². The fraction of sp³-hybridized carbons (Fsp3) is 0.604. The number of aliphatic hydroxyl groups is 4. The molecule has 0 radical (unpaired) electrons. The van der Waals surface area contributed by atoms with E-state index in [0.717, 1.165) is 69.2 Å². The van der Waals surface area contributed by atoms with Crippen LogP contribution < -0.4 is 5.43 Å². The van der Waals surface area contributed by atoms with Crippen molar-refractivity contribution < 1.29 is 69.4 Å². The van der Waals surface area contributed by atoms with Crippen molar-refractivity contribution in [1.82, 2.24) is 0 Å². The lowest BCUT2D eigenvalue weighted by atomic mass is 10.0. The van der Waals surface area contributed by atoms with E-state index in [2.05, 4.69) is 12.5 Å². The van der Waals surface area contributed by atoms with E-state index < -0.39 is 59.0 Å². The Morgan fingerprint density at radius 1 is 0.632 bits per heavy atom. The first-order valence-corrected chi connectivity index (χ1v) is 24.3. The van der Waals surface area contributed by atoms with Gasteiger partial charge in [-0.3, -0.25) is 14.4 Å². The van der Waals surface area contributed by atoms with Gasteiger partial charge in [-0.1, -0.05) is 109 Å². The molecule has 15 nitrogen and oxygen atoms in total. The predicted molar refractivity (Wildman–Crippen MR) is 263 cm³/mol. The zero-order valence-corrected chi connectivity index (χ0v) is 40.4. The minimum atomic E-state index is -0.888. The summed E-state index contributed by atoms with van der Waals surface area (Å²) in [5.74, 6) is -0.858. The van der Waals surface area contributed by atoms with E-state index in [1.165, 1.54) is 103 Å². The molecule has 3 rings (SSSR count). The summed E-state index contributed by atoms with van der Waals surface area (Å²) in [6, 6.07) is 5.64. The number of hydrogen-bond acceptors (Lipinski definition) is 15. The van der Waals surface area contributed by atoms with Gasteiger partial charge >= 0.3 is 11.9 Å². The fourth-order valence-corrected chi connectivity index (χ4v) is 7.31. The third-order valence-electron chi connectivity index (χ3n) is 11.0. The van der Waals surface area contributed by atoms with Crippen molar-refractivity contribution in [2.24, 2.45) is 0 Å². The number of phenolic OH excluding ortho intramolecular Hbond substituents is 4. The molecule has 0 bridgehead atoms. The van der Waals surface area contributed by atoms with E-state index in [9.17, 15) is 60.3 Å². The molecule has 0 aliphatic rings. The molecule has 1 heterocycles. The molecule has 3 aromatic rings. The van der Waals surface area contributed by atoms with Crippen LogP contribution in [-0.2, 0) is 19.1 Å². The molecular formula is C53H80O15. The Kier molecular flexibility index (Phi) is 32.8. The second-order valence-electron chi connectivity index (χ2n) is 17.3. The number of hydrogen-bond donors (Lipinski definition) is 9. The molecule has 9 N–H and O–H groups in total. The van der Waals surface area contributed by atoms with Crippen LogP contribution in [-0.4, -0.2) is 95.5 Å². The van der Waals surface area contributed by atoms with Crippen molar-refractivity contribution in [3.05, 3.63) is 53.2 Å². The Morgan fingerprint density at radius 2 is 1.09 bits per heavy atom. The molecular weight excluding hydrogens is 877 g/mol. The van der Waals surface area contributed by atoms with Gasteiger partial charge in [0.2, 0.25) is 11.2 Å². The van der Waals surface area contributed by atoms with E-state index >= 15 is 0 Å². The van der Waals surface area contributed by atoms with E-state index in [-0.39, 0.29) is 59.8 Å². The van der Waals surface area contributed by atoms with Crippen LogP contribution in [0.1, 0.15) is 168 Å². The Morgan fingerprint density at radius 3 is 1.53 bits per heavy atom. The van der Waals surface area contributed by atoms with E-state index in [0.29, 0.717) is 12.8 Å². The molecule has 0 fully saturated rings. The number of ether oxygens (including phenoxy) is 2. The van der Waals surface area contributed by atoms with Gasteiger partial charge in [-0.05, 0) is 50.3 Å². The first-order valence-electron chi connectivity index (χ1n) is 24.3. The number of phenols is 4. The number of terminal acetylenes is 1. The molecule has 0 amide bonds. The predicted octanol–water partition coefficient (Wildman–Crippen LogP) is 9.71. The standard InChI is InChI=1S/C19H36O4.C19H34O4.C15H10O7/c2*1-3-4-5-6-7-8-9-10-11-12-13-14-18(21)15-19(22)16-23-17(2)20;16-7-4-10(19)12-11(5-7)22-15(14(21)13(12)20)6-1-2-8(17)9(18)3-6/h3,18-19,21-22H,1,4-16H2,2H3;1,18-19,21-22H,4-16H2,2H3;1-5,16-19,21H. The number of benzene rings is 2. The minimum absolute atomic E-state index is 0.0286. The number of rotatable bonds is 32. The molecule has 68 heavy (non-hydrogen) atoms. The van der Waals surface area contributed by atoms with Crippen molar-refractivity contribution in [2.45, 2.75) is 192 Å². The molecule has 15 heteroatoms. The quantitative estimate of drug-likeness (QED) is 0.00927. The first kappa shape index (κ1) is 60.7. The Hall–Kier alpha value is -5.27. The number of carbonyl (C=O) groups excluding carboxylic acids is 2. The number of aromatic hydroxyl groups is 5. The average molecular weight is 957 g/mol. The lowest BCUT2D eigenvalue weighted by Crippen LogP contribution is -2.23. The van der Waals surface area contributed by atoms with Crippen molar-refractivity contribution in [3.63, 3.8) is 0 Å². The van der Waals surface area contributed by atoms with Crippen LogP contribution in [0.3, 0.4) is 0 Å². The van der Waals surface area contributed by atoms with E-state index in [1.807, 2.05) is 6.08 Å². The summed E-state index contributed by atoms with van der Waals surface area (Å²) >= 11 is 0. The molecule has 382 valence electrons. The maximum atomic E-state index is 12.1. The molecule has 0 aliphatic heterocycles. The normalized spacial score (nSPS) is 12.6. The highest BCUT2D eigenvalue weighted by Gasteiger charge is 2.20. The average Bonchev–Trinajstić information content (AvgIpc) is 3.28. The van der Waals surface area contributed by atoms with Gasteiger partial charge in [0.05, 0.1) is 24.4 Å². The zero-order valence-electron chi connectivity index (χ0n) is 40.4. The van der Waals surface area contributed by atoms with Crippen LogP contribution in [0.2, 0.25) is 0 Å². The molecule has 2 aromatic carbocycles. The van der Waals surface area contributed by atoms with Gasteiger partial charge in [-0.15, -0.1) is 18.9 Å². The number of carbonyl (C=O) groups is 2. The maximum absolute atomic E-state index is 12.1. The van der Waals surface area contributed by atoms with Crippen LogP contribution >= 0.6 is 0 Å². The van der Waals surface area contributed by atoms with E-state index in [1.54, 1.807) is 0 Å². The Labute approximate surface area is 402 Å². The summed E-state index contributed by atoms with van der Waals surface area (Å²) in [6.07, 6.45) is 30.5. The lowest BCUT2D eigenvalue weighted by Gasteiger charge is -2.15. The maximum Gasteiger partial charge on any atom is 0.302 e. The summed E-state index contributed by atoms with van der Waals surface area (Å²) in [5.41, 5.74) is -0.890. The van der Waals surface area contributed by atoms with Gasteiger partial charge in [0, 0.05) is 50.8 Å². The number of esters is 2. The molecule has 4 unspecified atom stereocenters. The van der Waals surface area contributed by atoms with Crippen molar-refractivity contribution in [3.8, 4) is 52.4 Å². The van der Waals surface area contributed by atoms with Crippen molar-refractivity contribution in [1.29, 1.82) is 0 Å². The smallest absolute Gasteiger partial charge is 0.302 e. The second kappa shape index (κ2) is 36.7. The number of unbranched alkanes of at least 4 members (excludes halogenated alkanes) is 18. The largest absolute Gasteiger partial charge is 0.508 e. The van der Waals surface area contributed by atoms with Crippen LogP contribution in [0.4, 0.5) is 0 Å².